The Morgan fingerprint density at radius 3 is 2.45 bits per heavy atom. The van der Waals surface area contributed by atoms with Gasteiger partial charge in [0.05, 0.1) is 25.6 Å². The summed E-state index contributed by atoms with van der Waals surface area (Å²) >= 11 is 0. The van der Waals surface area contributed by atoms with Crippen molar-refractivity contribution in [2.75, 3.05) is 14.2 Å². The molecule has 0 unspecified atom stereocenters. The second-order valence-electron chi connectivity index (χ2n) is 7.68. The third kappa shape index (κ3) is 4.55. The minimum atomic E-state index is -0.346. The van der Waals surface area contributed by atoms with Crippen molar-refractivity contribution < 1.29 is 18.7 Å². The number of amides is 1. The summed E-state index contributed by atoms with van der Waals surface area (Å²) in [5.41, 5.74) is 2.31. The lowest BCUT2D eigenvalue weighted by Crippen LogP contribution is -2.37. The van der Waals surface area contributed by atoms with Gasteiger partial charge in [-0.2, -0.15) is 5.10 Å². The van der Waals surface area contributed by atoms with Crippen LogP contribution in [0.3, 0.4) is 0 Å². The van der Waals surface area contributed by atoms with E-state index in [1.807, 2.05) is 12.1 Å². The summed E-state index contributed by atoms with van der Waals surface area (Å²) in [6.07, 6.45) is 5.42. The zero-order valence-corrected chi connectivity index (χ0v) is 17.7. The van der Waals surface area contributed by atoms with Crippen LogP contribution in [0.25, 0.3) is 16.9 Å². The standard InChI is InChI=1S/C24H26FN3O3/c1-30-19-12-13-20(23(14-19)31-2)21-15-22(24(29)26-17-6-4-3-5-7-17)28(27-21)18-10-8-16(25)9-11-18/h8-15,17H,3-7H2,1-2H3,(H,26,29). The number of halogens is 1. The van der Waals surface area contributed by atoms with E-state index < -0.39 is 0 Å². The molecule has 0 atom stereocenters. The van der Waals surface area contributed by atoms with Gasteiger partial charge in [0, 0.05) is 17.7 Å². The van der Waals surface area contributed by atoms with Gasteiger partial charge in [-0.25, -0.2) is 9.07 Å². The topological polar surface area (TPSA) is 65.4 Å². The van der Waals surface area contributed by atoms with Crippen LogP contribution in [0.1, 0.15) is 42.6 Å². The molecule has 1 aromatic heterocycles. The molecule has 2 aromatic carbocycles. The molecular formula is C24H26FN3O3. The number of methoxy groups -OCH3 is 2. The van der Waals surface area contributed by atoms with Crippen molar-refractivity contribution in [2.45, 2.75) is 38.1 Å². The zero-order valence-electron chi connectivity index (χ0n) is 17.7. The quantitative estimate of drug-likeness (QED) is 0.621. The fourth-order valence-electron chi connectivity index (χ4n) is 3.97. The van der Waals surface area contributed by atoms with Crippen LogP contribution in [-0.4, -0.2) is 35.9 Å². The van der Waals surface area contributed by atoms with E-state index in [1.54, 1.807) is 43.2 Å². The molecule has 1 saturated carbocycles. The Hall–Kier alpha value is -3.35. The van der Waals surface area contributed by atoms with E-state index in [-0.39, 0.29) is 17.8 Å². The lowest BCUT2D eigenvalue weighted by atomic mass is 9.95. The second-order valence-corrected chi connectivity index (χ2v) is 7.68. The third-order valence-electron chi connectivity index (χ3n) is 5.64. The Kier molecular flexibility index (Phi) is 6.21. The molecular weight excluding hydrogens is 397 g/mol. The highest BCUT2D eigenvalue weighted by Crippen LogP contribution is 2.33. The van der Waals surface area contributed by atoms with E-state index in [2.05, 4.69) is 10.4 Å². The molecule has 7 heteroatoms. The zero-order chi connectivity index (χ0) is 21.8. The molecule has 1 aliphatic rings. The van der Waals surface area contributed by atoms with Crippen LogP contribution in [0.2, 0.25) is 0 Å². The number of rotatable bonds is 6. The molecule has 1 amide bonds. The summed E-state index contributed by atoms with van der Waals surface area (Å²) in [5, 5.41) is 7.81. The summed E-state index contributed by atoms with van der Waals surface area (Å²) in [7, 11) is 3.16. The first-order valence-electron chi connectivity index (χ1n) is 10.5. The molecule has 3 aromatic rings. The molecule has 4 rings (SSSR count). The number of nitrogens with zero attached hydrogens (tertiary/aromatic N) is 2. The minimum Gasteiger partial charge on any atom is -0.497 e. The van der Waals surface area contributed by atoms with E-state index in [4.69, 9.17) is 9.47 Å². The molecule has 1 fully saturated rings. The highest BCUT2D eigenvalue weighted by atomic mass is 19.1. The van der Waals surface area contributed by atoms with Gasteiger partial charge >= 0.3 is 0 Å². The lowest BCUT2D eigenvalue weighted by Gasteiger charge is -2.22. The number of hydrogen-bond acceptors (Lipinski definition) is 4. The maximum absolute atomic E-state index is 13.5. The largest absolute Gasteiger partial charge is 0.497 e. The van der Waals surface area contributed by atoms with Gasteiger partial charge in [0.25, 0.3) is 5.91 Å². The van der Waals surface area contributed by atoms with Gasteiger partial charge in [-0.3, -0.25) is 4.79 Å². The summed E-state index contributed by atoms with van der Waals surface area (Å²) in [5.74, 6) is 0.708. The van der Waals surface area contributed by atoms with Crippen molar-refractivity contribution in [1.82, 2.24) is 15.1 Å². The summed E-state index contributed by atoms with van der Waals surface area (Å²) < 4.78 is 25.8. The van der Waals surface area contributed by atoms with E-state index in [9.17, 15) is 9.18 Å². The van der Waals surface area contributed by atoms with Crippen molar-refractivity contribution >= 4 is 5.91 Å². The molecule has 0 spiro atoms. The lowest BCUT2D eigenvalue weighted by molar-refractivity contribution is 0.0920. The van der Waals surface area contributed by atoms with E-state index in [1.165, 1.54) is 18.6 Å². The molecule has 1 aliphatic carbocycles. The molecule has 1 N–H and O–H groups in total. The maximum atomic E-state index is 13.5. The third-order valence-corrected chi connectivity index (χ3v) is 5.64. The highest BCUT2D eigenvalue weighted by Gasteiger charge is 2.23. The average molecular weight is 423 g/mol. The van der Waals surface area contributed by atoms with Gasteiger partial charge in [0.15, 0.2) is 0 Å². The SMILES string of the molecule is COc1ccc(-c2cc(C(=O)NC3CCCCC3)n(-c3ccc(F)cc3)n2)c(OC)c1. The predicted octanol–water partition coefficient (Wildman–Crippen LogP) is 4.76. The number of ether oxygens (including phenoxy) is 2. The van der Waals surface area contributed by atoms with Gasteiger partial charge in [-0.05, 0) is 55.3 Å². The van der Waals surface area contributed by atoms with E-state index >= 15 is 0 Å². The number of nitrogens with one attached hydrogen (secondary N) is 1. The number of benzene rings is 2. The second kappa shape index (κ2) is 9.20. The van der Waals surface area contributed by atoms with Crippen LogP contribution in [-0.2, 0) is 0 Å². The fraction of sp³-hybridized carbons (Fsp3) is 0.333. The Morgan fingerprint density at radius 1 is 1.03 bits per heavy atom. The molecule has 0 radical (unpaired) electrons. The number of aromatic nitrogens is 2. The van der Waals surface area contributed by atoms with Crippen molar-refractivity contribution in [3.05, 3.63) is 60.0 Å². The van der Waals surface area contributed by atoms with Gasteiger partial charge < -0.3 is 14.8 Å². The Morgan fingerprint density at radius 2 is 1.77 bits per heavy atom. The molecule has 162 valence electrons. The normalized spacial score (nSPS) is 14.3. The molecule has 1 heterocycles. The Labute approximate surface area is 181 Å². The molecule has 6 nitrogen and oxygen atoms in total. The maximum Gasteiger partial charge on any atom is 0.270 e. The van der Waals surface area contributed by atoms with E-state index in [0.29, 0.717) is 28.6 Å². The van der Waals surface area contributed by atoms with Crippen LogP contribution < -0.4 is 14.8 Å². The van der Waals surface area contributed by atoms with Gasteiger partial charge in [-0.15, -0.1) is 0 Å². The molecule has 31 heavy (non-hydrogen) atoms. The highest BCUT2D eigenvalue weighted by molar-refractivity contribution is 5.94. The first-order chi connectivity index (χ1) is 15.1. The Balaban J connectivity index is 1.75. The van der Waals surface area contributed by atoms with E-state index in [0.717, 1.165) is 31.2 Å². The van der Waals surface area contributed by atoms with Crippen LogP contribution in [0.15, 0.2) is 48.5 Å². The monoisotopic (exact) mass is 423 g/mol. The van der Waals surface area contributed by atoms with Crippen molar-refractivity contribution in [2.24, 2.45) is 0 Å². The van der Waals surface area contributed by atoms with Crippen molar-refractivity contribution in [1.29, 1.82) is 0 Å². The van der Waals surface area contributed by atoms with Crippen molar-refractivity contribution in [3.63, 3.8) is 0 Å². The van der Waals surface area contributed by atoms with Crippen LogP contribution in [0, 0.1) is 5.82 Å². The van der Waals surface area contributed by atoms with Gasteiger partial charge in [0.1, 0.15) is 23.0 Å². The average Bonchev–Trinajstić information content (AvgIpc) is 3.25. The molecule has 0 saturated heterocycles. The van der Waals surface area contributed by atoms with Crippen LogP contribution in [0.4, 0.5) is 4.39 Å². The summed E-state index contributed by atoms with van der Waals surface area (Å²) in [6.45, 7) is 0. The van der Waals surface area contributed by atoms with Crippen LogP contribution in [0.5, 0.6) is 11.5 Å². The fourth-order valence-corrected chi connectivity index (χ4v) is 3.97. The molecule has 0 bridgehead atoms. The summed E-state index contributed by atoms with van der Waals surface area (Å²) in [6, 6.07) is 13.3. The first kappa shape index (κ1) is 20.9. The van der Waals surface area contributed by atoms with Crippen LogP contribution >= 0.6 is 0 Å². The Bertz CT molecular complexity index is 1060. The van der Waals surface area contributed by atoms with Gasteiger partial charge in [0.2, 0.25) is 0 Å². The molecule has 0 aliphatic heterocycles. The van der Waals surface area contributed by atoms with Crippen molar-refractivity contribution in [3.8, 4) is 28.4 Å². The summed E-state index contributed by atoms with van der Waals surface area (Å²) in [4.78, 5) is 13.2. The minimum absolute atomic E-state index is 0.164. The number of hydrogen-bond donors (Lipinski definition) is 1. The van der Waals surface area contributed by atoms with Gasteiger partial charge in [-0.1, -0.05) is 19.3 Å². The predicted molar refractivity (Wildman–Crippen MR) is 116 cm³/mol. The number of carbonyl (C=O) groups is 1. The first-order valence-corrected chi connectivity index (χ1v) is 10.5. The number of carbonyl (C=O) groups excluding carboxylic acids is 1. The smallest absolute Gasteiger partial charge is 0.270 e.